The lowest BCUT2D eigenvalue weighted by Gasteiger charge is -2.18. The van der Waals surface area contributed by atoms with E-state index in [4.69, 9.17) is 4.55 Å². The summed E-state index contributed by atoms with van der Waals surface area (Å²) in [5, 5.41) is 0. The second-order valence-electron chi connectivity index (χ2n) is 2.72. The third-order valence-electron chi connectivity index (χ3n) is 2.09. The summed E-state index contributed by atoms with van der Waals surface area (Å²) in [5.74, 6) is 0. The molecule has 4 heteroatoms. The first-order valence-corrected chi connectivity index (χ1v) is 4.62. The predicted molar refractivity (Wildman–Crippen MR) is 40.8 cm³/mol. The Morgan fingerprint density at radius 1 is 1.50 bits per heavy atom. The number of hydrogen-bond donors (Lipinski definition) is 1. The SMILES string of the molecule is CN(C1CCCC1)S(=O)O. The molecule has 1 unspecified atom stereocenters. The van der Waals surface area contributed by atoms with Crippen LogP contribution in [0.1, 0.15) is 25.7 Å². The van der Waals surface area contributed by atoms with Gasteiger partial charge < -0.3 is 0 Å². The van der Waals surface area contributed by atoms with Crippen molar-refractivity contribution in [1.29, 1.82) is 0 Å². The van der Waals surface area contributed by atoms with Crippen LogP contribution in [0.25, 0.3) is 0 Å². The Labute approximate surface area is 63.8 Å². The molecular weight excluding hydrogens is 150 g/mol. The average molecular weight is 163 g/mol. The molecule has 0 aromatic heterocycles. The van der Waals surface area contributed by atoms with Crippen molar-refractivity contribution >= 4 is 11.3 Å². The minimum Gasteiger partial charge on any atom is -0.294 e. The zero-order valence-electron chi connectivity index (χ0n) is 6.12. The standard InChI is InChI=1S/C6H13NO2S/c1-7(10(8)9)6-4-2-3-5-6/h6H,2-5H2,1H3,(H,8,9). The van der Waals surface area contributed by atoms with Gasteiger partial charge in [0.25, 0.3) is 0 Å². The third kappa shape index (κ3) is 1.78. The van der Waals surface area contributed by atoms with Crippen LogP contribution in [-0.2, 0) is 11.3 Å². The lowest BCUT2D eigenvalue weighted by Crippen LogP contribution is -2.30. The van der Waals surface area contributed by atoms with Crippen molar-refractivity contribution < 1.29 is 8.76 Å². The maximum Gasteiger partial charge on any atom is 0.234 e. The Kier molecular flexibility index (Phi) is 2.82. The number of rotatable bonds is 2. The van der Waals surface area contributed by atoms with Gasteiger partial charge >= 0.3 is 0 Å². The van der Waals surface area contributed by atoms with E-state index in [2.05, 4.69) is 0 Å². The summed E-state index contributed by atoms with van der Waals surface area (Å²) in [4.78, 5) is 0. The van der Waals surface area contributed by atoms with Gasteiger partial charge in [0.1, 0.15) is 0 Å². The van der Waals surface area contributed by atoms with Gasteiger partial charge in [0.15, 0.2) is 0 Å². The van der Waals surface area contributed by atoms with E-state index in [0.717, 1.165) is 12.8 Å². The quantitative estimate of drug-likeness (QED) is 0.617. The fraction of sp³-hybridized carbons (Fsp3) is 1.00. The second-order valence-corrected chi connectivity index (χ2v) is 3.75. The first-order valence-electron chi connectivity index (χ1n) is 3.55. The maximum atomic E-state index is 10.5. The average Bonchev–Trinajstić information content (AvgIpc) is 2.36. The normalized spacial score (nSPS) is 23.9. The van der Waals surface area contributed by atoms with Crippen molar-refractivity contribution in [3.8, 4) is 0 Å². The Hall–Kier alpha value is 0.0700. The van der Waals surface area contributed by atoms with Gasteiger partial charge in [-0.2, -0.15) is 0 Å². The molecule has 0 heterocycles. The van der Waals surface area contributed by atoms with E-state index in [9.17, 15) is 4.21 Å². The van der Waals surface area contributed by atoms with Gasteiger partial charge in [-0.05, 0) is 12.8 Å². The Morgan fingerprint density at radius 3 is 2.40 bits per heavy atom. The lowest BCUT2D eigenvalue weighted by atomic mass is 10.3. The molecule has 60 valence electrons. The number of nitrogens with zero attached hydrogens (tertiary/aromatic N) is 1. The highest BCUT2D eigenvalue weighted by molar-refractivity contribution is 7.76. The van der Waals surface area contributed by atoms with Crippen LogP contribution in [0.3, 0.4) is 0 Å². The first kappa shape index (κ1) is 8.17. The molecule has 3 nitrogen and oxygen atoms in total. The van der Waals surface area contributed by atoms with Gasteiger partial charge in [0, 0.05) is 13.1 Å². The molecule has 0 saturated heterocycles. The first-order chi connectivity index (χ1) is 4.72. The van der Waals surface area contributed by atoms with E-state index < -0.39 is 11.3 Å². The summed E-state index contributed by atoms with van der Waals surface area (Å²) in [6, 6.07) is 0.339. The van der Waals surface area contributed by atoms with Crippen LogP contribution in [-0.4, -0.2) is 26.2 Å². The van der Waals surface area contributed by atoms with E-state index in [-0.39, 0.29) is 0 Å². The molecule has 0 aromatic carbocycles. The van der Waals surface area contributed by atoms with Crippen molar-refractivity contribution in [3.63, 3.8) is 0 Å². The number of hydrogen-bond acceptors (Lipinski definition) is 1. The van der Waals surface area contributed by atoms with E-state index in [1.807, 2.05) is 0 Å². The zero-order chi connectivity index (χ0) is 7.56. The van der Waals surface area contributed by atoms with Crippen molar-refractivity contribution in [2.45, 2.75) is 31.7 Å². The molecule has 1 atom stereocenters. The Morgan fingerprint density at radius 2 is 2.00 bits per heavy atom. The molecule has 0 aromatic rings. The molecule has 10 heavy (non-hydrogen) atoms. The van der Waals surface area contributed by atoms with Crippen LogP contribution < -0.4 is 0 Å². The summed E-state index contributed by atoms with van der Waals surface area (Å²) < 4.78 is 20.7. The van der Waals surface area contributed by atoms with Gasteiger partial charge in [-0.25, -0.2) is 8.51 Å². The van der Waals surface area contributed by atoms with Gasteiger partial charge in [0.05, 0.1) is 0 Å². The van der Waals surface area contributed by atoms with Crippen molar-refractivity contribution in [2.24, 2.45) is 0 Å². The molecule has 1 aliphatic rings. The molecule has 1 N–H and O–H groups in total. The van der Waals surface area contributed by atoms with Gasteiger partial charge in [-0.1, -0.05) is 12.8 Å². The molecule has 1 rings (SSSR count). The molecular formula is C6H13NO2S. The fourth-order valence-corrected chi connectivity index (χ4v) is 1.86. The van der Waals surface area contributed by atoms with Gasteiger partial charge in [-0.15, -0.1) is 0 Å². The Balaban J connectivity index is 2.39. The van der Waals surface area contributed by atoms with Crippen molar-refractivity contribution in [1.82, 2.24) is 4.31 Å². The highest BCUT2D eigenvalue weighted by Gasteiger charge is 2.22. The smallest absolute Gasteiger partial charge is 0.234 e. The van der Waals surface area contributed by atoms with Crippen LogP contribution in [0.4, 0.5) is 0 Å². The van der Waals surface area contributed by atoms with E-state index in [0.29, 0.717) is 6.04 Å². The molecule has 0 radical (unpaired) electrons. The minimum absolute atomic E-state index is 0.339. The maximum absolute atomic E-state index is 10.5. The zero-order valence-corrected chi connectivity index (χ0v) is 6.93. The van der Waals surface area contributed by atoms with Crippen LogP contribution in [0.2, 0.25) is 0 Å². The lowest BCUT2D eigenvalue weighted by molar-refractivity contribution is 0.362. The highest BCUT2D eigenvalue weighted by Crippen LogP contribution is 2.22. The summed E-state index contributed by atoms with van der Waals surface area (Å²) in [6.07, 6.45) is 4.55. The van der Waals surface area contributed by atoms with Gasteiger partial charge in [-0.3, -0.25) is 4.55 Å². The molecule has 1 saturated carbocycles. The van der Waals surface area contributed by atoms with Crippen LogP contribution in [0.5, 0.6) is 0 Å². The molecule has 0 aliphatic heterocycles. The van der Waals surface area contributed by atoms with Crippen LogP contribution >= 0.6 is 0 Å². The summed E-state index contributed by atoms with van der Waals surface area (Å²) >= 11 is -1.77. The minimum atomic E-state index is -1.77. The second kappa shape index (κ2) is 3.46. The van der Waals surface area contributed by atoms with Crippen LogP contribution in [0, 0.1) is 0 Å². The molecule has 0 amide bonds. The summed E-state index contributed by atoms with van der Waals surface area (Å²) in [6.45, 7) is 0. The van der Waals surface area contributed by atoms with E-state index in [1.54, 1.807) is 7.05 Å². The fourth-order valence-electron chi connectivity index (χ4n) is 1.40. The van der Waals surface area contributed by atoms with Gasteiger partial charge in [0.2, 0.25) is 11.3 Å². The third-order valence-corrected chi connectivity index (χ3v) is 2.88. The van der Waals surface area contributed by atoms with Crippen LogP contribution in [0.15, 0.2) is 0 Å². The monoisotopic (exact) mass is 163 g/mol. The largest absolute Gasteiger partial charge is 0.294 e. The van der Waals surface area contributed by atoms with E-state index in [1.165, 1.54) is 17.1 Å². The Bertz CT molecular complexity index is 134. The van der Waals surface area contributed by atoms with Crippen molar-refractivity contribution in [3.05, 3.63) is 0 Å². The van der Waals surface area contributed by atoms with Crippen molar-refractivity contribution in [2.75, 3.05) is 7.05 Å². The summed E-state index contributed by atoms with van der Waals surface area (Å²) in [5.41, 5.74) is 0. The topological polar surface area (TPSA) is 40.5 Å². The highest BCUT2D eigenvalue weighted by atomic mass is 32.2. The molecule has 0 bridgehead atoms. The summed E-state index contributed by atoms with van der Waals surface area (Å²) in [7, 11) is 1.70. The molecule has 0 spiro atoms. The molecule has 1 aliphatic carbocycles. The van der Waals surface area contributed by atoms with E-state index >= 15 is 0 Å². The molecule has 1 fully saturated rings. The predicted octanol–water partition coefficient (Wildman–Crippen LogP) is 0.998.